The van der Waals surface area contributed by atoms with Crippen LogP contribution in [0, 0.1) is 20.8 Å². The molecule has 21 heavy (non-hydrogen) atoms. The number of rotatable bonds is 3. The fourth-order valence-corrected chi connectivity index (χ4v) is 6.79. The topological polar surface area (TPSA) is 68.3 Å². The zero-order chi connectivity index (χ0) is 15.8. The molecular formula is C15H16O4S2. The lowest BCUT2D eigenvalue weighted by molar-refractivity contribution is 0.582. The highest BCUT2D eigenvalue weighted by atomic mass is 33.2. The van der Waals surface area contributed by atoms with Crippen molar-refractivity contribution in [2.75, 3.05) is 0 Å². The van der Waals surface area contributed by atoms with Crippen molar-refractivity contribution in [2.24, 2.45) is 0 Å². The van der Waals surface area contributed by atoms with E-state index in [1.165, 1.54) is 24.3 Å². The maximum absolute atomic E-state index is 12.6. The van der Waals surface area contributed by atoms with Gasteiger partial charge in [-0.2, -0.15) is 0 Å². The molecule has 112 valence electrons. The predicted molar refractivity (Wildman–Crippen MR) is 81.5 cm³/mol. The van der Waals surface area contributed by atoms with Crippen LogP contribution in [0.3, 0.4) is 0 Å². The van der Waals surface area contributed by atoms with Gasteiger partial charge in [0.25, 0.3) is 17.7 Å². The maximum atomic E-state index is 12.6. The molecule has 0 bridgehead atoms. The predicted octanol–water partition coefficient (Wildman–Crippen LogP) is 2.77. The Kier molecular flexibility index (Phi) is 3.95. The molecule has 0 aromatic heterocycles. The molecule has 0 saturated heterocycles. The summed E-state index contributed by atoms with van der Waals surface area (Å²) in [4.78, 5) is -0.346. The summed E-state index contributed by atoms with van der Waals surface area (Å²) in [5.74, 6) is 0. The average Bonchev–Trinajstić information content (AvgIpc) is 2.37. The van der Waals surface area contributed by atoms with Crippen LogP contribution in [0.25, 0.3) is 0 Å². The first-order valence-corrected chi connectivity index (χ1v) is 9.79. The molecule has 4 nitrogen and oxygen atoms in total. The van der Waals surface area contributed by atoms with Crippen LogP contribution in [0.1, 0.15) is 16.7 Å². The lowest BCUT2D eigenvalue weighted by Gasteiger charge is -2.12. The minimum atomic E-state index is -4.50. The van der Waals surface area contributed by atoms with E-state index in [1.807, 2.05) is 6.92 Å². The van der Waals surface area contributed by atoms with Gasteiger partial charge < -0.3 is 0 Å². The van der Waals surface area contributed by atoms with E-state index in [1.54, 1.807) is 32.0 Å². The van der Waals surface area contributed by atoms with Crippen LogP contribution >= 0.6 is 0 Å². The lowest BCUT2D eigenvalue weighted by atomic mass is 10.1. The lowest BCUT2D eigenvalue weighted by Crippen LogP contribution is -2.18. The molecule has 2 rings (SSSR count). The quantitative estimate of drug-likeness (QED) is 0.814. The van der Waals surface area contributed by atoms with Crippen molar-refractivity contribution in [3.8, 4) is 0 Å². The molecule has 0 radical (unpaired) electrons. The molecule has 0 aliphatic heterocycles. The Morgan fingerprint density at radius 3 is 1.67 bits per heavy atom. The minimum Gasteiger partial charge on any atom is -0.207 e. The molecule has 2 aromatic rings. The van der Waals surface area contributed by atoms with Crippen LogP contribution in [-0.2, 0) is 17.7 Å². The fraction of sp³-hybridized carbons (Fsp3) is 0.200. The summed E-state index contributed by atoms with van der Waals surface area (Å²) in [5, 5.41) is 0. The van der Waals surface area contributed by atoms with E-state index in [2.05, 4.69) is 0 Å². The second-order valence-corrected chi connectivity index (χ2v) is 10.3. The monoisotopic (exact) mass is 324 g/mol. The molecular weight excluding hydrogens is 308 g/mol. The van der Waals surface area contributed by atoms with Gasteiger partial charge in [0.2, 0.25) is 0 Å². The number of hydrogen-bond donors (Lipinski definition) is 0. The molecule has 0 amide bonds. The molecule has 0 fully saturated rings. The Bertz CT molecular complexity index is 858. The average molecular weight is 324 g/mol. The zero-order valence-electron chi connectivity index (χ0n) is 12.0. The van der Waals surface area contributed by atoms with E-state index in [-0.39, 0.29) is 9.79 Å². The van der Waals surface area contributed by atoms with Crippen molar-refractivity contribution in [1.82, 2.24) is 0 Å². The van der Waals surface area contributed by atoms with Gasteiger partial charge in [-0.1, -0.05) is 35.9 Å². The zero-order valence-corrected chi connectivity index (χ0v) is 13.6. The summed E-state index contributed by atoms with van der Waals surface area (Å²) in [6.45, 7) is 5.04. The summed E-state index contributed by atoms with van der Waals surface area (Å²) in [5.41, 5.74) is 1.76. The maximum Gasteiger partial charge on any atom is 0.286 e. The van der Waals surface area contributed by atoms with Crippen molar-refractivity contribution in [3.63, 3.8) is 0 Å². The molecule has 0 spiro atoms. The number of benzene rings is 2. The highest BCUT2D eigenvalue weighted by Gasteiger charge is 2.35. The summed E-state index contributed by atoms with van der Waals surface area (Å²) in [6, 6.07) is 10.5. The van der Waals surface area contributed by atoms with Crippen molar-refractivity contribution in [3.05, 3.63) is 59.2 Å². The summed E-state index contributed by atoms with van der Waals surface area (Å²) >= 11 is 0. The number of aryl methyl sites for hydroxylation is 3. The molecule has 0 saturated carbocycles. The smallest absolute Gasteiger partial charge is 0.207 e. The first-order valence-electron chi connectivity index (χ1n) is 6.31. The number of hydrogen-bond acceptors (Lipinski definition) is 4. The SMILES string of the molecule is Cc1cc(C)c(S(=O)(=O)S(=O)(=O)c2ccccc2)c(C)c1. The highest BCUT2D eigenvalue weighted by molar-refractivity contribution is 8.67. The Labute approximate surface area is 124 Å². The van der Waals surface area contributed by atoms with Gasteiger partial charge in [-0.15, -0.1) is 0 Å². The third-order valence-electron chi connectivity index (χ3n) is 3.18. The van der Waals surface area contributed by atoms with Crippen LogP contribution < -0.4 is 0 Å². The summed E-state index contributed by atoms with van der Waals surface area (Å²) in [7, 11) is -8.97. The molecule has 0 heterocycles. The Hall–Kier alpha value is -1.66. The van der Waals surface area contributed by atoms with Crippen molar-refractivity contribution in [1.29, 1.82) is 0 Å². The van der Waals surface area contributed by atoms with Crippen LogP contribution in [0.2, 0.25) is 0 Å². The van der Waals surface area contributed by atoms with Gasteiger partial charge in [0.15, 0.2) is 0 Å². The molecule has 0 atom stereocenters. The first kappa shape index (κ1) is 15.7. The van der Waals surface area contributed by atoms with Crippen LogP contribution in [0.5, 0.6) is 0 Å². The minimum absolute atomic E-state index is 0.128. The molecule has 0 aliphatic carbocycles. The van der Waals surface area contributed by atoms with Gasteiger partial charge in [0.1, 0.15) is 0 Å². The third-order valence-corrected chi connectivity index (χ3v) is 8.56. The van der Waals surface area contributed by atoms with Gasteiger partial charge in [-0.3, -0.25) is 0 Å². The Balaban J connectivity index is 2.75. The molecule has 2 aromatic carbocycles. The van der Waals surface area contributed by atoms with Crippen molar-refractivity contribution >= 4 is 17.7 Å². The van der Waals surface area contributed by atoms with Gasteiger partial charge >= 0.3 is 0 Å². The van der Waals surface area contributed by atoms with E-state index < -0.39 is 17.7 Å². The third kappa shape index (κ3) is 2.61. The van der Waals surface area contributed by atoms with E-state index in [0.29, 0.717) is 11.1 Å². The summed E-state index contributed by atoms with van der Waals surface area (Å²) in [6.07, 6.45) is 0. The summed E-state index contributed by atoms with van der Waals surface area (Å²) < 4.78 is 50.2. The largest absolute Gasteiger partial charge is 0.286 e. The Morgan fingerprint density at radius 1 is 0.714 bits per heavy atom. The van der Waals surface area contributed by atoms with E-state index in [9.17, 15) is 16.8 Å². The second kappa shape index (κ2) is 5.27. The Morgan fingerprint density at radius 2 is 1.19 bits per heavy atom. The second-order valence-electron chi connectivity index (χ2n) is 4.95. The molecule has 0 aliphatic rings. The van der Waals surface area contributed by atoms with Gasteiger partial charge in [-0.25, -0.2) is 16.8 Å². The van der Waals surface area contributed by atoms with Gasteiger partial charge in [-0.05, 0) is 44.0 Å². The van der Waals surface area contributed by atoms with E-state index in [0.717, 1.165) is 5.56 Å². The van der Waals surface area contributed by atoms with Gasteiger partial charge in [0.05, 0.1) is 9.79 Å². The van der Waals surface area contributed by atoms with Crippen molar-refractivity contribution < 1.29 is 16.8 Å². The normalized spacial score (nSPS) is 12.3. The standard InChI is InChI=1S/C15H16O4S2/c1-11-9-12(2)15(13(3)10-11)21(18,19)20(16,17)14-7-5-4-6-8-14/h4-10H,1-3H3. The first-order chi connectivity index (χ1) is 9.68. The molecule has 6 heteroatoms. The fourth-order valence-electron chi connectivity index (χ4n) is 2.38. The van der Waals surface area contributed by atoms with Crippen LogP contribution in [0.4, 0.5) is 0 Å². The van der Waals surface area contributed by atoms with Crippen molar-refractivity contribution in [2.45, 2.75) is 30.6 Å². The van der Waals surface area contributed by atoms with Crippen LogP contribution in [-0.4, -0.2) is 16.8 Å². The van der Waals surface area contributed by atoms with Gasteiger partial charge in [0, 0.05) is 0 Å². The molecule has 0 N–H and O–H groups in total. The van der Waals surface area contributed by atoms with Crippen LogP contribution in [0.15, 0.2) is 52.3 Å². The van der Waals surface area contributed by atoms with E-state index in [4.69, 9.17) is 0 Å². The van der Waals surface area contributed by atoms with E-state index >= 15 is 0 Å². The highest BCUT2D eigenvalue weighted by Crippen LogP contribution is 2.30. The molecule has 0 unspecified atom stereocenters.